The van der Waals surface area contributed by atoms with Crippen molar-refractivity contribution in [1.29, 1.82) is 0 Å². The van der Waals surface area contributed by atoms with Gasteiger partial charge >= 0.3 is 0 Å². The van der Waals surface area contributed by atoms with E-state index in [0.717, 1.165) is 4.68 Å². The molecule has 1 unspecified atom stereocenters. The van der Waals surface area contributed by atoms with E-state index < -0.39 is 28.3 Å². The van der Waals surface area contributed by atoms with Gasteiger partial charge in [0.2, 0.25) is 0 Å². The molecule has 4 aromatic rings. The molecule has 0 saturated carbocycles. The third-order valence-corrected chi connectivity index (χ3v) is 5.30. The smallest absolute Gasteiger partial charge is 0.280 e. The first-order valence-corrected chi connectivity index (χ1v) is 10.5. The predicted molar refractivity (Wildman–Crippen MR) is 115 cm³/mol. The van der Waals surface area contributed by atoms with Crippen molar-refractivity contribution in [2.75, 3.05) is 0 Å². The minimum atomic E-state index is -1.97. The molecule has 1 N–H and O–H groups in total. The van der Waals surface area contributed by atoms with E-state index in [0.29, 0.717) is 22.3 Å². The van der Waals surface area contributed by atoms with Gasteiger partial charge in [0, 0.05) is 5.56 Å². The molecule has 3 aromatic carbocycles. The van der Waals surface area contributed by atoms with Crippen LogP contribution in [0.5, 0.6) is 0 Å². The van der Waals surface area contributed by atoms with Crippen LogP contribution in [0.1, 0.15) is 5.56 Å². The molecule has 0 amide bonds. The lowest BCUT2D eigenvalue weighted by molar-refractivity contribution is 0.563. The summed E-state index contributed by atoms with van der Waals surface area (Å²) in [5, 5.41) is 4.22. The van der Waals surface area contributed by atoms with Crippen molar-refractivity contribution in [3.05, 3.63) is 107 Å². The van der Waals surface area contributed by atoms with Gasteiger partial charge in [-0.1, -0.05) is 42.5 Å². The molecule has 0 bridgehead atoms. The van der Waals surface area contributed by atoms with Crippen LogP contribution in [0.3, 0.4) is 0 Å². The van der Waals surface area contributed by atoms with Crippen LogP contribution in [0, 0.1) is 11.6 Å². The SMILES string of the molecule is O=c1c(-c2ccc(F)cc2)c(-c2ccc(CS(=O)O)cc2)cnn1-c1cccc(F)c1. The topological polar surface area (TPSA) is 72.2 Å². The maximum Gasteiger partial charge on any atom is 0.280 e. The summed E-state index contributed by atoms with van der Waals surface area (Å²) in [7, 11) is 0. The fourth-order valence-electron chi connectivity index (χ4n) is 3.28. The molecule has 1 atom stereocenters. The quantitative estimate of drug-likeness (QED) is 0.464. The van der Waals surface area contributed by atoms with Crippen LogP contribution in [0.15, 0.2) is 83.8 Å². The van der Waals surface area contributed by atoms with Crippen molar-refractivity contribution < 1.29 is 17.5 Å². The molecule has 31 heavy (non-hydrogen) atoms. The number of hydrogen-bond acceptors (Lipinski definition) is 3. The summed E-state index contributed by atoms with van der Waals surface area (Å²) in [6.07, 6.45) is 1.49. The van der Waals surface area contributed by atoms with Crippen LogP contribution in [0.25, 0.3) is 27.9 Å². The lowest BCUT2D eigenvalue weighted by Gasteiger charge is -2.13. The summed E-state index contributed by atoms with van der Waals surface area (Å²) in [6, 6.07) is 17.8. The summed E-state index contributed by atoms with van der Waals surface area (Å²) >= 11 is -1.97. The Bertz CT molecular complexity index is 1320. The highest BCUT2D eigenvalue weighted by molar-refractivity contribution is 7.78. The molecule has 0 aliphatic heterocycles. The number of hydrogen-bond donors (Lipinski definition) is 1. The molecule has 5 nitrogen and oxygen atoms in total. The molecule has 1 aromatic heterocycles. The Kier molecular flexibility index (Phi) is 5.83. The van der Waals surface area contributed by atoms with Crippen molar-refractivity contribution in [2.24, 2.45) is 0 Å². The summed E-state index contributed by atoms with van der Waals surface area (Å²) < 4.78 is 48.4. The summed E-state index contributed by atoms with van der Waals surface area (Å²) in [5.74, 6) is -0.952. The van der Waals surface area contributed by atoms with Gasteiger partial charge in [0.1, 0.15) is 11.6 Å². The molecule has 0 saturated heterocycles. The van der Waals surface area contributed by atoms with Gasteiger partial charge < -0.3 is 4.55 Å². The van der Waals surface area contributed by atoms with Crippen molar-refractivity contribution in [3.63, 3.8) is 0 Å². The summed E-state index contributed by atoms with van der Waals surface area (Å²) in [4.78, 5) is 13.4. The second-order valence-corrected chi connectivity index (χ2v) is 7.73. The van der Waals surface area contributed by atoms with E-state index in [9.17, 15) is 17.8 Å². The Labute approximate surface area is 178 Å². The zero-order valence-corrected chi connectivity index (χ0v) is 16.9. The van der Waals surface area contributed by atoms with Crippen molar-refractivity contribution in [3.8, 4) is 27.9 Å². The fourth-order valence-corrected chi connectivity index (χ4v) is 3.76. The highest BCUT2D eigenvalue weighted by atomic mass is 32.2. The Balaban J connectivity index is 1.91. The molecule has 156 valence electrons. The fraction of sp³-hybridized carbons (Fsp3) is 0.0435. The second-order valence-electron chi connectivity index (χ2n) is 6.80. The van der Waals surface area contributed by atoms with Crippen molar-refractivity contribution >= 4 is 11.1 Å². The van der Waals surface area contributed by atoms with E-state index in [-0.39, 0.29) is 17.0 Å². The molecular formula is C23H16F2N2O3S. The number of halogens is 2. The molecule has 0 radical (unpaired) electrons. The maximum atomic E-state index is 13.7. The molecular weight excluding hydrogens is 422 g/mol. The minimum absolute atomic E-state index is 0.00941. The van der Waals surface area contributed by atoms with E-state index >= 15 is 0 Å². The summed E-state index contributed by atoms with van der Waals surface area (Å²) in [5.41, 5.74) is 2.35. The van der Waals surface area contributed by atoms with Gasteiger partial charge in [0.25, 0.3) is 5.56 Å². The first-order chi connectivity index (χ1) is 14.9. The van der Waals surface area contributed by atoms with Crippen LogP contribution in [0.4, 0.5) is 8.78 Å². The monoisotopic (exact) mass is 438 g/mol. The van der Waals surface area contributed by atoms with E-state index in [1.807, 2.05) is 0 Å². The summed E-state index contributed by atoms with van der Waals surface area (Å²) in [6.45, 7) is 0. The number of rotatable bonds is 5. The second kappa shape index (κ2) is 8.71. The molecule has 8 heteroatoms. The van der Waals surface area contributed by atoms with Crippen molar-refractivity contribution in [1.82, 2.24) is 9.78 Å². The average Bonchev–Trinajstić information content (AvgIpc) is 2.74. The standard InChI is InChI=1S/C23H16F2N2O3S/c24-18-10-8-17(9-11-18)22-21(16-6-4-15(5-7-16)14-31(29)30)13-26-27(23(22)28)20-3-1-2-19(25)12-20/h1-13H,14H2,(H,29,30). The molecule has 0 fully saturated rings. The lowest BCUT2D eigenvalue weighted by Crippen LogP contribution is -2.23. The first kappa shape index (κ1) is 20.8. The molecule has 0 aliphatic carbocycles. The Morgan fingerprint density at radius 2 is 1.58 bits per heavy atom. The number of nitrogens with zero attached hydrogens (tertiary/aromatic N) is 2. The van der Waals surface area contributed by atoms with Crippen molar-refractivity contribution in [2.45, 2.75) is 5.75 Å². The predicted octanol–water partition coefficient (Wildman–Crippen LogP) is 4.57. The molecule has 0 spiro atoms. The first-order valence-electron chi connectivity index (χ1n) is 9.23. The van der Waals surface area contributed by atoms with E-state index in [1.165, 1.54) is 48.7 Å². The largest absolute Gasteiger partial charge is 0.306 e. The van der Waals surface area contributed by atoms with E-state index in [1.54, 1.807) is 30.3 Å². The van der Waals surface area contributed by atoms with Gasteiger partial charge in [-0.05, 0) is 47.0 Å². The Morgan fingerprint density at radius 3 is 2.23 bits per heavy atom. The maximum absolute atomic E-state index is 13.7. The average molecular weight is 438 g/mol. The molecule has 1 heterocycles. The lowest BCUT2D eigenvalue weighted by atomic mass is 9.96. The van der Waals surface area contributed by atoms with Crippen LogP contribution >= 0.6 is 0 Å². The number of aromatic nitrogens is 2. The highest BCUT2D eigenvalue weighted by Gasteiger charge is 2.17. The Morgan fingerprint density at radius 1 is 0.903 bits per heavy atom. The normalized spacial score (nSPS) is 12.0. The highest BCUT2D eigenvalue weighted by Crippen LogP contribution is 2.29. The third-order valence-electron chi connectivity index (χ3n) is 4.72. The Hall–Kier alpha value is -3.49. The zero-order valence-electron chi connectivity index (χ0n) is 16.0. The van der Waals surface area contributed by atoms with Gasteiger partial charge in [-0.2, -0.15) is 9.78 Å². The third kappa shape index (κ3) is 4.50. The van der Waals surface area contributed by atoms with Crippen LogP contribution in [0.2, 0.25) is 0 Å². The van der Waals surface area contributed by atoms with Gasteiger partial charge in [0.05, 0.1) is 23.2 Å². The van der Waals surface area contributed by atoms with Crippen LogP contribution in [-0.4, -0.2) is 18.5 Å². The minimum Gasteiger partial charge on any atom is -0.306 e. The molecule has 0 aliphatic rings. The van der Waals surface area contributed by atoms with E-state index in [4.69, 9.17) is 4.55 Å². The zero-order chi connectivity index (χ0) is 22.0. The molecule has 4 rings (SSSR count). The van der Waals surface area contributed by atoms with Crippen LogP contribution < -0.4 is 5.56 Å². The van der Waals surface area contributed by atoms with Gasteiger partial charge in [-0.15, -0.1) is 0 Å². The van der Waals surface area contributed by atoms with Gasteiger partial charge in [-0.3, -0.25) is 4.79 Å². The van der Waals surface area contributed by atoms with Crippen LogP contribution in [-0.2, 0) is 16.8 Å². The number of benzene rings is 3. The van der Waals surface area contributed by atoms with E-state index in [2.05, 4.69) is 5.10 Å². The van der Waals surface area contributed by atoms with Gasteiger partial charge in [0.15, 0.2) is 11.1 Å². The van der Waals surface area contributed by atoms with Gasteiger partial charge in [-0.25, -0.2) is 13.0 Å².